The van der Waals surface area contributed by atoms with Gasteiger partial charge in [-0.1, -0.05) is 30.3 Å². The van der Waals surface area contributed by atoms with Crippen LogP contribution in [0.5, 0.6) is 0 Å². The Morgan fingerprint density at radius 3 is 2.56 bits per heavy atom. The van der Waals surface area contributed by atoms with E-state index in [0.717, 1.165) is 18.5 Å². The van der Waals surface area contributed by atoms with Gasteiger partial charge in [0.2, 0.25) is 11.8 Å². The zero-order valence-corrected chi connectivity index (χ0v) is 10.1. The molecule has 2 fully saturated rings. The number of carbonyl (C=O) groups excluding carboxylic acids is 2. The predicted molar refractivity (Wildman–Crippen MR) is 66.5 cm³/mol. The van der Waals surface area contributed by atoms with Gasteiger partial charge in [-0.3, -0.25) is 14.5 Å². The molecule has 0 saturated carbocycles. The number of fused-ring (bicyclic) bond motifs is 1. The topological polar surface area (TPSA) is 49.4 Å². The van der Waals surface area contributed by atoms with Crippen molar-refractivity contribution in [1.82, 2.24) is 10.2 Å². The number of hydrogen-bond acceptors (Lipinski definition) is 3. The zero-order chi connectivity index (χ0) is 12.5. The first-order chi connectivity index (χ1) is 8.77. The van der Waals surface area contributed by atoms with E-state index in [4.69, 9.17) is 0 Å². The molecule has 2 amide bonds. The molecular weight excluding hydrogens is 228 g/mol. The van der Waals surface area contributed by atoms with E-state index in [1.165, 1.54) is 4.90 Å². The summed E-state index contributed by atoms with van der Waals surface area (Å²) in [6, 6.07) is 9.67. The number of benzene rings is 1. The van der Waals surface area contributed by atoms with Crippen molar-refractivity contribution in [2.45, 2.75) is 13.0 Å². The monoisotopic (exact) mass is 244 g/mol. The first-order valence-electron chi connectivity index (χ1n) is 6.37. The summed E-state index contributed by atoms with van der Waals surface area (Å²) in [5.41, 5.74) is 1.01. The Bertz CT molecular complexity index is 448. The molecule has 1 unspecified atom stereocenters. The predicted octanol–water partition coefficient (Wildman–Crippen LogP) is 0.781. The van der Waals surface area contributed by atoms with Gasteiger partial charge >= 0.3 is 0 Å². The maximum atomic E-state index is 12.2. The van der Waals surface area contributed by atoms with Crippen molar-refractivity contribution in [2.24, 2.45) is 11.8 Å². The average Bonchev–Trinajstić information content (AvgIpc) is 2.66. The summed E-state index contributed by atoms with van der Waals surface area (Å²) in [5, 5.41) is 3.19. The number of amides is 2. The lowest BCUT2D eigenvalue weighted by Crippen LogP contribution is -2.38. The molecule has 0 radical (unpaired) electrons. The lowest BCUT2D eigenvalue weighted by atomic mass is 9.89. The minimum atomic E-state index is -0.144. The second-order valence-electron chi connectivity index (χ2n) is 4.95. The van der Waals surface area contributed by atoms with Gasteiger partial charge in [-0.05, 0) is 18.5 Å². The SMILES string of the molecule is O=C1C2CNCC[C@@H]2C(=O)N1Cc1ccccc1. The number of nitrogens with one attached hydrogen (secondary N) is 1. The van der Waals surface area contributed by atoms with Gasteiger partial charge in [0.25, 0.3) is 0 Å². The summed E-state index contributed by atoms with van der Waals surface area (Å²) in [7, 11) is 0. The third kappa shape index (κ3) is 1.82. The van der Waals surface area contributed by atoms with E-state index in [2.05, 4.69) is 5.32 Å². The molecule has 3 rings (SSSR count). The highest BCUT2D eigenvalue weighted by Gasteiger charge is 2.47. The second kappa shape index (κ2) is 4.53. The molecule has 0 bridgehead atoms. The maximum Gasteiger partial charge on any atom is 0.234 e. The molecule has 1 N–H and O–H groups in total. The molecule has 0 aliphatic carbocycles. The number of piperidine rings is 1. The molecule has 94 valence electrons. The highest BCUT2D eigenvalue weighted by atomic mass is 16.2. The summed E-state index contributed by atoms with van der Waals surface area (Å²) >= 11 is 0. The van der Waals surface area contributed by atoms with Crippen LogP contribution in [0.2, 0.25) is 0 Å². The van der Waals surface area contributed by atoms with Crippen LogP contribution in [0, 0.1) is 11.8 Å². The van der Waals surface area contributed by atoms with E-state index in [9.17, 15) is 9.59 Å². The van der Waals surface area contributed by atoms with E-state index in [1.807, 2.05) is 30.3 Å². The summed E-state index contributed by atoms with van der Waals surface area (Å²) in [6.07, 6.45) is 0.778. The molecule has 1 aromatic carbocycles. The maximum absolute atomic E-state index is 12.2. The van der Waals surface area contributed by atoms with Crippen LogP contribution in [0.25, 0.3) is 0 Å². The van der Waals surface area contributed by atoms with Crippen LogP contribution in [0.15, 0.2) is 30.3 Å². The largest absolute Gasteiger partial charge is 0.316 e. The van der Waals surface area contributed by atoms with Crippen LogP contribution in [0.3, 0.4) is 0 Å². The van der Waals surface area contributed by atoms with E-state index in [-0.39, 0.29) is 23.7 Å². The fraction of sp³-hybridized carbons (Fsp3) is 0.429. The van der Waals surface area contributed by atoms with Gasteiger partial charge in [-0.25, -0.2) is 0 Å². The normalized spacial score (nSPS) is 27.4. The van der Waals surface area contributed by atoms with Crippen LogP contribution >= 0.6 is 0 Å². The number of hydrogen-bond donors (Lipinski definition) is 1. The number of nitrogens with zero attached hydrogens (tertiary/aromatic N) is 1. The van der Waals surface area contributed by atoms with Crippen molar-refractivity contribution in [1.29, 1.82) is 0 Å². The smallest absolute Gasteiger partial charge is 0.234 e. The van der Waals surface area contributed by atoms with Crippen LogP contribution < -0.4 is 5.32 Å². The minimum absolute atomic E-state index is 0.00959. The summed E-state index contributed by atoms with van der Waals surface area (Å²) in [6.45, 7) is 1.88. The van der Waals surface area contributed by atoms with Crippen LogP contribution in [0.1, 0.15) is 12.0 Å². The van der Waals surface area contributed by atoms with Gasteiger partial charge in [-0.15, -0.1) is 0 Å². The van der Waals surface area contributed by atoms with Crippen molar-refractivity contribution in [3.05, 3.63) is 35.9 Å². The highest BCUT2D eigenvalue weighted by molar-refractivity contribution is 6.05. The van der Waals surface area contributed by atoms with E-state index in [1.54, 1.807) is 0 Å². The molecule has 1 aromatic rings. The van der Waals surface area contributed by atoms with Gasteiger partial charge in [0.15, 0.2) is 0 Å². The zero-order valence-electron chi connectivity index (χ0n) is 10.1. The molecule has 2 heterocycles. The van der Waals surface area contributed by atoms with E-state index in [0.29, 0.717) is 13.1 Å². The number of likely N-dealkylation sites (tertiary alicyclic amines) is 1. The fourth-order valence-electron chi connectivity index (χ4n) is 2.84. The van der Waals surface area contributed by atoms with Gasteiger partial charge < -0.3 is 5.32 Å². The highest BCUT2D eigenvalue weighted by Crippen LogP contribution is 2.31. The van der Waals surface area contributed by atoms with Crippen LogP contribution in [0.4, 0.5) is 0 Å². The summed E-state index contributed by atoms with van der Waals surface area (Å²) < 4.78 is 0. The third-order valence-electron chi connectivity index (χ3n) is 3.83. The Labute approximate surface area is 106 Å². The van der Waals surface area contributed by atoms with Crippen molar-refractivity contribution in [3.63, 3.8) is 0 Å². The Morgan fingerprint density at radius 1 is 1.11 bits per heavy atom. The standard InChI is InChI=1S/C14H16N2O2/c17-13-11-6-7-15-8-12(11)14(18)16(13)9-10-4-2-1-3-5-10/h1-5,11-12,15H,6-9H2/t11-,12?/m0/s1. The molecule has 2 aliphatic heterocycles. The average molecular weight is 244 g/mol. The number of carbonyl (C=O) groups is 2. The first kappa shape index (κ1) is 11.4. The van der Waals surface area contributed by atoms with Gasteiger partial charge in [0.1, 0.15) is 0 Å². The van der Waals surface area contributed by atoms with Crippen molar-refractivity contribution in [3.8, 4) is 0 Å². The van der Waals surface area contributed by atoms with Gasteiger partial charge in [-0.2, -0.15) is 0 Å². The third-order valence-corrected chi connectivity index (χ3v) is 3.83. The summed E-state index contributed by atoms with van der Waals surface area (Å²) in [5.74, 6) is -0.242. The Morgan fingerprint density at radius 2 is 1.83 bits per heavy atom. The Hall–Kier alpha value is -1.68. The van der Waals surface area contributed by atoms with E-state index < -0.39 is 0 Å². The van der Waals surface area contributed by atoms with E-state index >= 15 is 0 Å². The molecule has 4 heteroatoms. The summed E-state index contributed by atoms with van der Waals surface area (Å²) in [4.78, 5) is 25.9. The lowest BCUT2D eigenvalue weighted by Gasteiger charge is -2.21. The molecule has 2 aliphatic rings. The van der Waals surface area contributed by atoms with Crippen LogP contribution in [-0.4, -0.2) is 29.8 Å². The fourth-order valence-corrected chi connectivity index (χ4v) is 2.84. The molecule has 18 heavy (non-hydrogen) atoms. The Kier molecular flexibility index (Phi) is 2.88. The molecule has 2 atom stereocenters. The molecule has 0 aromatic heterocycles. The quantitative estimate of drug-likeness (QED) is 0.782. The van der Waals surface area contributed by atoms with Gasteiger partial charge in [0, 0.05) is 6.54 Å². The Balaban J connectivity index is 1.80. The first-order valence-corrected chi connectivity index (χ1v) is 6.37. The molecule has 2 saturated heterocycles. The van der Waals surface area contributed by atoms with Crippen LogP contribution in [-0.2, 0) is 16.1 Å². The van der Waals surface area contributed by atoms with Crippen molar-refractivity contribution < 1.29 is 9.59 Å². The van der Waals surface area contributed by atoms with Gasteiger partial charge in [0.05, 0.1) is 18.4 Å². The molecule has 0 spiro atoms. The number of rotatable bonds is 2. The number of imide groups is 1. The minimum Gasteiger partial charge on any atom is -0.316 e. The second-order valence-corrected chi connectivity index (χ2v) is 4.95. The molecular formula is C14H16N2O2. The van der Waals surface area contributed by atoms with Crippen molar-refractivity contribution >= 4 is 11.8 Å². The lowest BCUT2D eigenvalue weighted by molar-refractivity contribution is -0.140. The molecule has 4 nitrogen and oxygen atoms in total. The van der Waals surface area contributed by atoms with Crippen molar-refractivity contribution in [2.75, 3.05) is 13.1 Å².